The minimum atomic E-state index is -0.204. The summed E-state index contributed by atoms with van der Waals surface area (Å²) in [4.78, 5) is 0. The van der Waals surface area contributed by atoms with E-state index >= 15 is 0 Å². The molecule has 0 heterocycles. The van der Waals surface area contributed by atoms with E-state index < -0.39 is 0 Å². The highest BCUT2D eigenvalue weighted by molar-refractivity contribution is 6.01. The van der Waals surface area contributed by atoms with Crippen LogP contribution in [0.3, 0.4) is 0 Å². The van der Waals surface area contributed by atoms with Crippen molar-refractivity contribution in [1.29, 1.82) is 0 Å². The molecule has 0 aliphatic carbocycles. The number of fused-ring (bicyclic) bond motifs is 1. The van der Waals surface area contributed by atoms with Crippen LogP contribution in [0.4, 0.5) is 0 Å². The van der Waals surface area contributed by atoms with Gasteiger partial charge in [-0.2, -0.15) is 0 Å². The van der Waals surface area contributed by atoms with Crippen molar-refractivity contribution in [3.63, 3.8) is 0 Å². The number of benzene rings is 2. The van der Waals surface area contributed by atoms with Gasteiger partial charge in [0.1, 0.15) is 0 Å². The van der Waals surface area contributed by atoms with Crippen molar-refractivity contribution < 1.29 is 15.4 Å². The number of amidine groups is 1. The molecule has 0 amide bonds. The molecule has 5 N–H and O–H groups in total. The Hall–Kier alpha value is -2.43. The van der Waals surface area contributed by atoms with Crippen LogP contribution in [-0.4, -0.2) is 21.3 Å². The zero-order valence-corrected chi connectivity index (χ0v) is 8.25. The van der Waals surface area contributed by atoms with Gasteiger partial charge in [-0.15, -0.1) is 0 Å². The topological polar surface area (TPSA) is 99.1 Å². The van der Waals surface area contributed by atoms with Crippen LogP contribution in [0.5, 0.6) is 11.5 Å². The Morgan fingerprint density at radius 2 is 1.62 bits per heavy atom. The molecule has 0 bridgehead atoms. The maximum Gasteiger partial charge on any atom is 0.170 e. The van der Waals surface area contributed by atoms with E-state index in [1.807, 2.05) is 0 Å². The number of hydrogen-bond acceptors (Lipinski definition) is 4. The Morgan fingerprint density at radius 1 is 1.00 bits per heavy atom. The van der Waals surface area contributed by atoms with E-state index in [-0.39, 0.29) is 17.3 Å². The maximum absolute atomic E-state index is 9.34. The largest absolute Gasteiger partial charge is 0.504 e. The van der Waals surface area contributed by atoms with Gasteiger partial charge in [-0.25, -0.2) is 0 Å². The van der Waals surface area contributed by atoms with Crippen LogP contribution < -0.4 is 5.73 Å². The second-order valence-corrected chi connectivity index (χ2v) is 3.39. The summed E-state index contributed by atoms with van der Waals surface area (Å²) >= 11 is 0. The number of phenolic OH excluding ortho intramolecular Hbond substituents is 2. The smallest absolute Gasteiger partial charge is 0.170 e. The summed E-state index contributed by atoms with van der Waals surface area (Å²) in [6.07, 6.45) is 0. The van der Waals surface area contributed by atoms with Gasteiger partial charge in [0.25, 0.3) is 0 Å². The molecule has 5 nitrogen and oxygen atoms in total. The van der Waals surface area contributed by atoms with E-state index in [2.05, 4.69) is 5.16 Å². The first-order valence-electron chi connectivity index (χ1n) is 4.55. The number of nitrogens with zero attached hydrogens (tertiary/aromatic N) is 1. The van der Waals surface area contributed by atoms with E-state index in [1.54, 1.807) is 18.2 Å². The molecule has 0 atom stereocenters. The second kappa shape index (κ2) is 3.62. The third-order valence-electron chi connectivity index (χ3n) is 2.34. The highest BCUT2D eigenvalue weighted by Crippen LogP contribution is 2.30. The lowest BCUT2D eigenvalue weighted by atomic mass is 10.1. The van der Waals surface area contributed by atoms with Crippen LogP contribution in [0.15, 0.2) is 35.5 Å². The lowest BCUT2D eigenvalue weighted by Crippen LogP contribution is -2.12. The first kappa shape index (κ1) is 10.1. The van der Waals surface area contributed by atoms with Crippen molar-refractivity contribution in [3.05, 3.63) is 35.9 Å². The predicted molar refractivity (Wildman–Crippen MR) is 59.8 cm³/mol. The average Bonchev–Trinajstić information content (AvgIpc) is 2.29. The van der Waals surface area contributed by atoms with Crippen molar-refractivity contribution in [3.8, 4) is 11.5 Å². The molecule has 2 aromatic rings. The fraction of sp³-hybridized carbons (Fsp3) is 0. The van der Waals surface area contributed by atoms with Crippen LogP contribution >= 0.6 is 0 Å². The molecule has 0 radical (unpaired) electrons. The molecular weight excluding hydrogens is 208 g/mol. The van der Waals surface area contributed by atoms with E-state index in [4.69, 9.17) is 10.9 Å². The number of rotatable bonds is 1. The van der Waals surface area contributed by atoms with E-state index in [0.717, 1.165) is 5.39 Å². The predicted octanol–water partition coefficient (Wildman–Crippen LogP) is 1.35. The highest BCUT2D eigenvalue weighted by Gasteiger charge is 2.05. The zero-order chi connectivity index (χ0) is 11.7. The summed E-state index contributed by atoms with van der Waals surface area (Å²) in [7, 11) is 0. The van der Waals surface area contributed by atoms with Gasteiger partial charge in [-0.1, -0.05) is 17.3 Å². The lowest BCUT2D eigenvalue weighted by Gasteiger charge is -2.04. The van der Waals surface area contributed by atoms with Crippen LogP contribution in [0, 0.1) is 0 Å². The van der Waals surface area contributed by atoms with Gasteiger partial charge in [0.15, 0.2) is 17.3 Å². The Bertz CT molecular complexity index is 579. The monoisotopic (exact) mass is 218 g/mol. The summed E-state index contributed by atoms with van der Waals surface area (Å²) in [6.45, 7) is 0. The van der Waals surface area contributed by atoms with Crippen LogP contribution in [-0.2, 0) is 0 Å². The molecule has 0 aromatic heterocycles. The Kier molecular flexibility index (Phi) is 2.28. The van der Waals surface area contributed by atoms with Crippen LogP contribution in [0.25, 0.3) is 10.8 Å². The minimum absolute atomic E-state index is 0.00513. The minimum Gasteiger partial charge on any atom is -0.504 e. The Balaban J connectivity index is 2.67. The van der Waals surface area contributed by atoms with Gasteiger partial charge < -0.3 is 21.2 Å². The van der Waals surface area contributed by atoms with Crippen molar-refractivity contribution >= 4 is 16.6 Å². The van der Waals surface area contributed by atoms with Gasteiger partial charge in [0, 0.05) is 5.56 Å². The average molecular weight is 218 g/mol. The normalized spacial score (nSPS) is 11.9. The second-order valence-electron chi connectivity index (χ2n) is 3.39. The highest BCUT2D eigenvalue weighted by atomic mass is 16.4. The SMILES string of the molecule is NC(=NO)c1ccc2cc(O)c(O)cc2c1. The van der Waals surface area contributed by atoms with Crippen LogP contribution in [0.1, 0.15) is 5.56 Å². The molecule has 2 aromatic carbocycles. The molecular formula is C11H10N2O3. The number of aromatic hydroxyl groups is 2. The number of nitrogens with two attached hydrogens (primary N) is 1. The van der Waals surface area contributed by atoms with Gasteiger partial charge in [-0.05, 0) is 29.0 Å². The standard InChI is InChI=1S/C11H10N2O3/c12-11(13-16)7-2-1-6-4-9(14)10(15)5-8(6)3-7/h1-5,14-16H,(H2,12,13). The first-order chi connectivity index (χ1) is 7.61. The van der Waals surface area contributed by atoms with Gasteiger partial charge in [0.05, 0.1) is 0 Å². The van der Waals surface area contributed by atoms with Crippen molar-refractivity contribution in [2.24, 2.45) is 10.9 Å². The Labute approximate surface area is 91.0 Å². The molecule has 0 unspecified atom stereocenters. The van der Waals surface area contributed by atoms with Gasteiger partial charge >= 0.3 is 0 Å². The van der Waals surface area contributed by atoms with Crippen molar-refractivity contribution in [2.45, 2.75) is 0 Å². The molecule has 0 saturated heterocycles. The molecule has 0 fully saturated rings. The summed E-state index contributed by atoms with van der Waals surface area (Å²) in [6, 6.07) is 7.89. The summed E-state index contributed by atoms with van der Waals surface area (Å²) < 4.78 is 0. The quantitative estimate of drug-likeness (QED) is 0.191. The fourth-order valence-corrected chi connectivity index (χ4v) is 1.49. The third-order valence-corrected chi connectivity index (χ3v) is 2.34. The van der Waals surface area contributed by atoms with Crippen molar-refractivity contribution in [2.75, 3.05) is 0 Å². The summed E-state index contributed by atoms with van der Waals surface area (Å²) in [5.74, 6) is -0.386. The molecule has 16 heavy (non-hydrogen) atoms. The lowest BCUT2D eigenvalue weighted by molar-refractivity contribution is 0.318. The first-order valence-corrected chi connectivity index (χ1v) is 4.55. The maximum atomic E-state index is 9.34. The molecule has 0 aliphatic heterocycles. The number of oxime groups is 1. The molecule has 5 heteroatoms. The zero-order valence-electron chi connectivity index (χ0n) is 8.25. The van der Waals surface area contributed by atoms with Crippen molar-refractivity contribution in [1.82, 2.24) is 0 Å². The molecule has 0 spiro atoms. The van der Waals surface area contributed by atoms with E-state index in [0.29, 0.717) is 10.9 Å². The fourth-order valence-electron chi connectivity index (χ4n) is 1.49. The molecule has 0 aliphatic rings. The molecule has 0 saturated carbocycles. The summed E-state index contributed by atoms with van der Waals surface area (Å²) in [5.41, 5.74) is 5.98. The van der Waals surface area contributed by atoms with Crippen LogP contribution in [0.2, 0.25) is 0 Å². The number of phenols is 2. The van der Waals surface area contributed by atoms with Gasteiger partial charge in [-0.3, -0.25) is 0 Å². The molecule has 82 valence electrons. The van der Waals surface area contributed by atoms with E-state index in [1.165, 1.54) is 12.1 Å². The Morgan fingerprint density at radius 3 is 2.25 bits per heavy atom. The molecule has 2 rings (SSSR count). The third kappa shape index (κ3) is 1.58. The van der Waals surface area contributed by atoms with E-state index in [9.17, 15) is 10.2 Å². The van der Waals surface area contributed by atoms with Gasteiger partial charge in [0.2, 0.25) is 0 Å². The number of hydrogen-bond donors (Lipinski definition) is 4. The summed E-state index contributed by atoms with van der Waals surface area (Å²) in [5, 5.41) is 31.5.